The Hall–Kier alpha value is -0.800. The zero-order chi connectivity index (χ0) is 50.0. The van der Waals surface area contributed by atoms with Gasteiger partial charge in [0.05, 0.1) is 13.2 Å². The zero-order valence-corrected chi connectivity index (χ0v) is 47.4. The Kier molecular flexibility index (Phi) is 59.1. The molecular weight excluding hydrogens is 857 g/mol. The average molecular weight is 980 g/mol. The Labute approximate surface area is 431 Å². The lowest BCUT2D eigenvalue weighted by atomic mass is 10.1. The van der Waals surface area contributed by atoms with Gasteiger partial charge in [0.1, 0.15) is 0 Å². The van der Waals surface area contributed by atoms with E-state index in [0.717, 1.165) is 103 Å². The molecule has 0 spiro atoms. The lowest BCUT2D eigenvalue weighted by Crippen LogP contribution is -2.25. The molecule has 0 aliphatic heterocycles. The van der Waals surface area contributed by atoms with Crippen LogP contribution >= 0.6 is 0 Å². The second-order valence-corrected chi connectivity index (χ2v) is 20.3. The van der Waals surface area contributed by atoms with E-state index in [1.807, 2.05) is 0 Å². The first kappa shape index (κ1) is 68.2. The van der Waals surface area contributed by atoms with Crippen molar-refractivity contribution in [3.05, 3.63) is 24.3 Å². The maximum Gasteiger partial charge on any atom is 0.180 e. The van der Waals surface area contributed by atoms with Crippen molar-refractivity contribution in [2.75, 3.05) is 39.6 Å². The van der Waals surface area contributed by atoms with E-state index in [0.29, 0.717) is 13.2 Å². The Morgan fingerprint density at radius 3 is 0.797 bits per heavy atom. The third-order valence-corrected chi connectivity index (χ3v) is 13.2. The molecule has 0 amide bonds. The van der Waals surface area contributed by atoms with Crippen LogP contribution in [0, 0.1) is 0 Å². The first-order valence-corrected chi connectivity index (χ1v) is 30.8. The van der Waals surface area contributed by atoms with Crippen molar-refractivity contribution in [2.45, 2.75) is 336 Å². The topological polar surface area (TPSA) is 64.6 Å². The van der Waals surface area contributed by atoms with Crippen LogP contribution in [0.4, 0.5) is 0 Å². The lowest BCUT2D eigenvalue weighted by Gasteiger charge is -2.21. The number of hydrogen-bond donors (Lipinski definition) is 0. The molecule has 0 bridgehead atoms. The molecule has 0 aliphatic carbocycles. The van der Waals surface area contributed by atoms with E-state index in [4.69, 9.17) is 33.2 Å². The van der Waals surface area contributed by atoms with E-state index < -0.39 is 0 Å². The summed E-state index contributed by atoms with van der Waals surface area (Å²) in [5.41, 5.74) is 0. The summed E-state index contributed by atoms with van der Waals surface area (Å²) in [6, 6.07) is 0. The monoisotopic (exact) mass is 979 g/mol. The summed E-state index contributed by atoms with van der Waals surface area (Å²) in [5, 5.41) is 0. The molecule has 0 aromatic heterocycles. The van der Waals surface area contributed by atoms with Crippen LogP contribution in [0.3, 0.4) is 0 Å². The van der Waals surface area contributed by atoms with Crippen LogP contribution in [0.2, 0.25) is 0 Å². The second kappa shape index (κ2) is 59.8. The molecule has 0 rings (SSSR count). The van der Waals surface area contributed by atoms with Crippen LogP contribution < -0.4 is 0 Å². The van der Waals surface area contributed by atoms with Crippen molar-refractivity contribution >= 4 is 0 Å². The molecule has 0 N–H and O–H groups in total. The van der Waals surface area contributed by atoms with E-state index >= 15 is 0 Å². The van der Waals surface area contributed by atoms with Gasteiger partial charge in [-0.05, 0) is 102 Å². The Balaban J connectivity index is 4.57. The molecule has 0 saturated heterocycles. The predicted molar refractivity (Wildman–Crippen MR) is 298 cm³/mol. The minimum absolute atomic E-state index is 0.0153. The van der Waals surface area contributed by atoms with Crippen LogP contribution in [-0.4, -0.2) is 64.8 Å². The molecule has 2 atom stereocenters. The Morgan fingerprint density at radius 2 is 0.493 bits per heavy atom. The third kappa shape index (κ3) is 53.3. The average Bonchev–Trinajstić information content (AvgIpc) is 3.35. The number of rotatable bonds is 60. The number of unbranched alkanes of at least 4 members (excludes halogenated alkanes) is 32. The zero-order valence-electron chi connectivity index (χ0n) is 47.4. The van der Waals surface area contributed by atoms with E-state index in [1.54, 1.807) is 0 Å². The molecule has 2 unspecified atom stereocenters. The van der Waals surface area contributed by atoms with Crippen molar-refractivity contribution in [1.82, 2.24) is 0 Å². The van der Waals surface area contributed by atoms with E-state index in [1.165, 1.54) is 193 Å². The van der Waals surface area contributed by atoms with Gasteiger partial charge in [-0.15, -0.1) is 0 Å². The van der Waals surface area contributed by atoms with Gasteiger partial charge in [0.15, 0.2) is 25.2 Å². The highest BCUT2D eigenvalue weighted by molar-refractivity contribution is 4.90. The number of hydrogen-bond acceptors (Lipinski definition) is 7. The van der Waals surface area contributed by atoms with E-state index in [2.05, 4.69) is 65.8 Å². The van der Waals surface area contributed by atoms with Crippen molar-refractivity contribution in [1.29, 1.82) is 0 Å². The van der Waals surface area contributed by atoms with E-state index in [-0.39, 0.29) is 25.2 Å². The normalized spacial score (nSPS) is 13.1. The summed E-state index contributed by atoms with van der Waals surface area (Å²) < 4.78 is 43.8. The maximum absolute atomic E-state index is 6.45. The largest absolute Gasteiger partial charge is 0.353 e. The number of allylic oxidation sites excluding steroid dienone is 2. The van der Waals surface area contributed by atoms with Gasteiger partial charge in [0, 0.05) is 26.4 Å². The minimum atomic E-state index is -0.383. The molecule has 0 saturated carbocycles. The molecular formula is C62H122O7. The van der Waals surface area contributed by atoms with Gasteiger partial charge in [-0.3, -0.25) is 0 Å². The van der Waals surface area contributed by atoms with Crippen molar-refractivity contribution in [3.8, 4) is 0 Å². The maximum atomic E-state index is 6.45. The first-order valence-electron chi connectivity index (χ1n) is 30.8. The summed E-state index contributed by atoms with van der Waals surface area (Å²) >= 11 is 0. The fourth-order valence-electron chi connectivity index (χ4n) is 8.54. The Morgan fingerprint density at radius 1 is 0.246 bits per heavy atom. The van der Waals surface area contributed by atoms with Crippen molar-refractivity contribution < 1.29 is 33.2 Å². The van der Waals surface area contributed by atoms with Gasteiger partial charge < -0.3 is 33.2 Å². The van der Waals surface area contributed by atoms with Crippen LogP contribution in [0.1, 0.15) is 311 Å². The van der Waals surface area contributed by atoms with Gasteiger partial charge in [0.25, 0.3) is 0 Å². The summed E-state index contributed by atoms with van der Waals surface area (Å²) in [6.45, 7) is 18.3. The number of ether oxygens (including phenoxy) is 7. The van der Waals surface area contributed by atoms with Gasteiger partial charge in [-0.2, -0.15) is 0 Å². The van der Waals surface area contributed by atoms with Crippen molar-refractivity contribution in [2.24, 2.45) is 0 Å². The minimum Gasteiger partial charge on any atom is -0.353 e. The molecule has 0 heterocycles. The lowest BCUT2D eigenvalue weighted by molar-refractivity contribution is -0.208. The Bertz CT molecular complexity index is 882. The van der Waals surface area contributed by atoms with Gasteiger partial charge >= 0.3 is 0 Å². The molecule has 0 aromatic rings. The second-order valence-electron chi connectivity index (χ2n) is 20.3. The first-order chi connectivity index (χ1) is 34.1. The van der Waals surface area contributed by atoms with Crippen LogP contribution in [-0.2, 0) is 33.2 Å². The molecule has 69 heavy (non-hydrogen) atoms. The van der Waals surface area contributed by atoms with Gasteiger partial charge in [-0.25, -0.2) is 0 Å². The molecule has 0 fully saturated rings. The molecule has 412 valence electrons. The van der Waals surface area contributed by atoms with Gasteiger partial charge in [0.2, 0.25) is 0 Å². The standard InChI is InChI=1S/C62H122O7/c1-7-13-19-37-45-55-63-59(64-56-46-38-20-14-8-2)49-41-33-29-25-23-27-31-35-43-51-61(67-53-17-11-5)69-62(68-54-18-12-6)52-44-36-32-28-24-26-30-34-42-50-60(65-57-47-39-21-15-9-3)66-58-48-40-22-16-10-4/h43-44,51-52,59-62H,7-42,45-50,53-58H2,1-6H3. The summed E-state index contributed by atoms with van der Waals surface area (Å²) in [4.78, 5) is 0. The van der Waals surface area contributed by atoms with Crippen LogP contribution in [0.15, 0.2) is 24.3 Å². The SMILES string of the molecule is CCCCCCCOC(CCCCCCCCCC=CC(OCCCC)OC(C=CCCCCCCCCCC(OCCCCCCC)OCCCCCCC)OCCCC)OCCCCCCC. The van der Waals surface area contributed by atoms with E-state index in [9.17, 15) is 0 Å². The fraction of sp³-hybridized carbons (Fsp3) is 0.935. The predicted octanol–water partition coefficient (Wildman–Crippen LogP) is 20.0. The highest BCUT2D eigenvalue weighted by Gasteiger charge is 2.14. The van der Waals surface area contributed by atoms with Crippen LogP contribution in [0.5, 0.6) is 0 Å². The highest BCUT2D eigenvalue weighted by Crippen LogP contribution is 2.18. The molecule has 7 nitrogen and oxygen atoms in total. The third-order valence-electron chi connectivity index (χ3n) is 13.2. The fourth-order valence-corrected chi connectivity index (χ4v) is 8.54. The molecule has 0 aliphatic rings. The molecule has 0 aromatic carbocycles. The summed E-state index contributed by atoms with van der Waals surface area (Å²) in [6.07, 6.45) is 59.7. The quantitative estimate of drug-likeness (QED) is 0.0342. The van der Waals surface area contributed by atoms with Gasteiger partial charge in [-0.1, -0.05) is 233 Å². The summed E-state index contributed by atoms with van der Waals surface area (Å²) in [7, 11) is 0. The summed E-state index contributed by atoms with van der Waals surface area (Å²) in [5.74, 6) is 0. The molecule has 7 heteroatoms. The van der Waals surface area contributed by atoms with Crippen molar-refractivity contribution in [3.63, 3.8) is 0 Å². The van der Waals surface area contributed by atoms with Crippen LogP contribution in [0.25, 0.3) is 0 Å². The highest BCUT2D eigenvalue weighted by atomic mass is 16.8. The smallest absolute Gasteiger partial charge is 0.180 e. The molecule has 0 radical (unpaired) electrons.